The molecule has 1 amide bonds. The molecule has 0 radical (unpaired) electrons. The van der Waals surface area contributed by atoms with Crippen molar-refractivity contribution in [3.05, 3.63) is 23.5 Å². The summed E-state index contributed by atoms with van der Waals surface area (Å²) in [5.41, 5.74) is 0.983. The molecule has 8 heteroatoms. The number of guanidine groups is 1. The highest BCUT2D eigenvalue weighted by Crippen LogP contribution is 2.20. The predicted molar refractivity (Wildman–Crippen MR) is 101 cm³/mol. The molecule has 1 fully saturated rings. The number of nitrogens with one attached hydrogen (secondary N) is 2. The van der Waals surface area contributed by atoms with Crippen LogP contribution in [0.3, 0.4) is 0 Å². The van der Waals surface area contributed by atoms with Crippen LogP contribution in [0.15, 0.2) is 22.8 Å². The second-order valence-corrected chi connectivity index (χ2v) is 7.18. The summed E-state index contributed by atoms with van der Waals surface area (Å²) in [5.74, 6) is 1.55. The average Bonchev–Trinajstić information content (AvgIpc) is 3.21. The van der Waals surface area contributed by atoms with Crippen LogP contribution in [0.1, 0.15) is 31.9 Å². The first-order chi connectivity index (χ1) is 12.2. The zero-order valence-electron chi connectivity index (χ0n) is 14.9. The van der Waals surface area contributed by atoms with Gasteiger partial charge < -0.3 is 15.5 Å². The Labute approximate surface area is 152 Å². The maximum absolute atomic E-state index is 11.5. The van der Waals surface area contributed by atoms with E-state index in [0.717, 1.165) is 49.1 Å². The van der Waals surface area contributed by atoms with Crippen molar-refractivity contribution >= 4 is 28.2 Å². The van der Waals surface area contributed by atoms with E-state index in [9.17, 15) is 4.79 Å². The molecule has 0 spiro atoms. The number of rotatable bonds is 5. The summed E-state index contributed by atoms with van der Waals surface area (Å²) in [4.78, 5) is 24.2. The van der Waals surface area contributed by atoms with Gasteiger partial charge in [-0.1, -0.05) is 0 Å². The van der Waals surface area contributed by atoms with Gasteiger partial charge in [0.1, 0.15) is 0 Å². The molecule has 2 N–H and O–H groups in total. The maximum Gasteiger partial charge on any atom is 0.220 e. The lowest BCUT2D eigenvalue weighted by molar-refractivity contribution is -0.121. The fourth-order valence-corrected chi connectivity index (χ4v) is 3.87. The second kappa shape index (κ2) is 8.33. The van der Waals surface area contributed by atoms with Crippen LogP contribution < -0.4 is 10.6 Å². The van der Waals surface area contributed by atoms with Crippen molar-refractivity contribution in [3.63, 3.8) is 0 Å². The van der Waals surface area contributed by atoms with Gasteiger partial charge in [0.2, 0.25) is 5.91 Å². The van der Waals surface area contributed by atoms with Crippen LogP contribution in [0.2, 0.25) is 0 Å². The standard InChI is InChI=1S/C17H26N6OS/c1-3-19-16(20-11-14-12-23-8-9-25-17(23)21-14)22-6-4-13(5-7-22)10-15(24)18-2/h8-9,12-13H,3-7,10-11H2,1-2H3,(H,18,24)(H,19,20). The average molecular weight is 363 g/mol. The lowest BCUT2D eigenvalue weighted by atomic mass is 9.93. The Balaban J connectivity index is 1.59. The van der Waals surface area contributed by atoms with Gasteiger partial charge in [0.15, 0.2) is 10.9 Å². The fraction of sp³-hybridized carbons (Fsp3) is 0.588. The molecule has 0 bridgehead atoms. The number of carbonyl (C=O) groups is 1. The van der Waals surface area contributed by atoms with Crippen LogP contribution in [-0.2, 0) is 11.3 Å². The number of amides is 1. The van der Waals surface area contributed by atoms with Crippen molar-refractivity contribution in [2.45, 2.75) is 32.7 Å². The van der Waals surface area contributed by atoms with E-state index in [2.05, 4.69) is 27.4 Å². The van der Waals surface area contributed by atoms with E-state index in [-0.39, 0.29) is 5.91 Å². The molecular weight excluding hydrogens is 336 g/mol. The normalized spacial score (nSPS) is 16.4. The number of piperidine rings is 1. The SMILES string of the molecule is CCNC(=NCc1cn2ccsc2n1)N1CCC(CC(=O)NC)CC1. The maximum atomic E-state index is 11.5. The minimum atomic E-state index is 0.138. The van der Waals surface area contributed by atoms with Gasteiger partial charge in [-0.15, -0.1) is 11.3 Å². The third-order valence-corrected chi connectivity index (χ3v) is 5.31. The summed E-state index contributed by atoms with van der Waals surface area (Å²) in [7, 11) is 1.70. The molecule has 0 aliphatic carbocycles. The second-order valence-electron chi connectivity index (χ2n) is 6.30. The number of hydrogen-bond acceptors (Lipinski definition) is 4. The molecule has 0 unspecified atom stereocenters. The van der Waals surface area contributed by atoms with Gasteiger partial charge in [0.25, 0.3) is 0 Å². The van der Waals surface area contributed by atoms with E-state index < -0.39 is 0 Å². The number of aromatic nitrogens is 2. The third kappa shape index (κ3) is 4.50. The van der Waals surface area contributed by atoms with Crippen LogP contribution in [0.5, 0.6) is 0 Å². The van der Waals surface area contributed by atoms with Crippen LogP contribution in [0.25, 0.3) is 4.96 Å². The molecule has 1 aliphatic heterocycles. The first-order valence-electron chi connectivity index (χ1n) is 8.84. The minimum absolute atomic E-state index is 0.138. The fourth-order valence-electron chi connectivity index (χ4n) is 3.15. The molecular formula is C17H26N6OS. The molecule has 1 saturated heterocycles. The molecule has 7 nitrogen and oxygen atoms in total. The van der Waals surface area contributed by atoms with Gasteiger partial charge in [0.05, 0.1) is 12.2 Å². The van der Waals surface area contributed by atoms with Gasteiger partial charge in [-0.25, -0.2) is 9.98 Å². The molecule has 0 saturated carbocycles. The van der Waals surface area contributed by atoms with E-state index in [4.69, 9.17) is 4.99 Å². The van der Waals surface area contributed by atoms with Crippen LogP contribution in [0.4, 0.5) is 0 Å². The summed E-state index contributed by atoms with van der Waals surface area (Å²) in [6.45, 7) is 5.38. The highest BCUT2D eigenvalue weighted by atomic mass is 32.1. The topological polar surface area (TPSA) is 74.0 Å². The number of fused-ring (bicyclic) bond motifs is 1. The first-order valence-corrected chi connectivity index (χ1v) is 9.72. The molecule has 2 aromatic rings. The summed E-state index contributed by atoms with van der Waals surface area (Å²) in [6.07, 6.45) is 6.73. The number of likely N-dealkylation sites (tertiary alicyclic amines) is 1. The Hall–Kier alpha value is -2.09. The van der Waals surface area contributed by atoms with Crippen LogP contribution in [0, 0.1) is 5.92 Å². The Morgan fingerprint density at radius 3 is 2.92 bits per heavy atom. The van der Waals surface area contributed by atoms with Gasteiger partial charge in [-0.2, -0.15) is 0 Å². The summed E-state index contributed by atoms with van der Waals surface area (Å²) < 4.78 is 2.03. The van der Waals surface area contributed by atoms with Gasteiger partial charge in [-0.3, -0.25) is 9.20 Å². The van der Waals surface area contributed by atoms with Crippen LogP contribution in [-0.4, -0.2) is 52.8 Å². The summed E-state index contributed by atoms with van der Waals surface area (Å²) in [5, 5.41) is 8.13. The van der Waals surface area contributed by atoms with E-state index in [1.54, 1.807) is 18.4 Å². The number of thiazole rings is 1. The Bertz CT molecular complexity index is 700. The van der Waals surface area contributed by atoms with Crippen molar-refractivity contribution < 1.29 is 4.79 Å². The van der Waals surface area contributed by atoms with Gasteiger partial charge >= 0.3 is 0 Å². The first kappa shape index (κ1) is 17.7. The Morgan fingerprint density at radius 1 is 1.44 bits per heavy atom. The molecule has 3 heterocycles. The molecule has 25 heavy (non-hydrogen) atoms. The number of hydrogen-bond donors (Lipinski definition) is 2. The number of imidazole rings is 1. The van der Waals surface area contributed by atoms with E-state index in [1.165, 1.54) is 0 Å². The number of carbonyl (C=O) groups excluding carboxylic acids is 1. The summed E-state index contributed by atoms with van der Waals surface area (Å²) >= 11 is 1.63. The molecule has 0 aromatic carbocycles. The zero-order valence-corrected chi connectivity index (χ0v) is 15.7. The molecule has 3 rings (SSSR count). The minimum Gasteiger partial charge on any atom is -0.359 e. The number of aliphatic imine (C=N–C) groups is 1. The summed E-state index contributed by atoms with van der Waals surface area (Å²) in [6, 6.07) is 0. The Kier molecular flexibility index (Phi) is 5.91. The largest absolute Gasteiger partial charge is 0.359 e. The predicted octanol–water partition coefficient (Wildman–Crippen LogP) is 1.71. The smallest absolute Gasteiger partial charge is 0.220 e. The highest BCUT2D eigenvalue weighted by Gasteiger charge is 2.23. The lowest BCUT2D eigenvalue weighted by Crippen LogP contribution is -2.46. The highest BCUT2D eigenvalue weighted by molar-refractivity contribution is 7.15. The molecule has 0 atom stereocenters. The van der Waals surface area contributed by atoms with Crippen molar-refractivity contribution in [3.8, 4) is 0 Å². The lowest BCUT2D eigenvalue weighted by Gasteiger charge is -2.34. The number of nitrogens with zero attached hydrogens (tertiary/aromatic N) is 4. The van der Waals surface area contributed by atoms with Gasteiger partial charge in [-0.05, 0) is 25.7 Å². The van der Waals surface area contributed by atoms with E-state index in [0.29, 0.717) is 18.9 Å². The van der Waals surface area contributed by atoms with Gasteiger partial charge in [0, 0.05) is 50.9 Å². The quantitative estimate of drug-likeness (QED) is 0.627. The molecule has 2 aromatic heterocycles. The van der Waals surface area contributed by atoms with Crippen molar-refractivity contribution in [2.75, 3.05) is 26.7 Å². The zero-order chi connectivity index (χ0) is 17.6. The van der Waals surface area contributed by atoms with Crippen molar-refractivity contribution in [2.24, 2.45) is 10.9 Å². The van der Waals surface area contributed by atoms with Crippen molar-refractivity contribution in [1.82, 2.24) is 24.9 Å². The van der Waals surface area contributed by atoms with Crippen LogP contribution >= 0.6 is 11.3 Å². The Morgan fingerprint density at radius 2 is 2.24 bits per heavy atom. The van der Waals surface area contributed by atoms with E-state index in [1.807, 2.05) is 22.2 Å². The van der Waals surface area contributed by atoms with E-state index >= 15 is 0 Å². The third-order valence-electron chi connectivity index (χ3n) is 4.54. The molecule has 1 aliphatic rings. The monoisotopic (exact) mass is 362 g/mol. The molecule has 136 valence electrons. The van der Waals surface area contributed by atoms with Crippen molar-refractivity contribution in [1.29, 1.82) is 0 Å².